The zero-order valence-corrected chi connectivity index (χ0v) is 13.3. The summed E-state index contributed by atoms with van der Waals surface area (Å²) in [6.07, 6.45) is 4.58. The van der Waals surface area contributed by atoms with Crippen molar-refractivity contribution in [2.24, 2.45) is 5.73 Å². The summed E-state index contributed by atoms with van der Waals surface area (Å²) < 4.78 is 5.84. The lowest BCUT2D eigenvalue weighted by Crippen LogP contribution is -2.61. The number of nitrogens with one attached hydrogen (secondary N) is 1. The SMILES string of the molecule is CCCNC(C)(CN1CCCC(OCCC)C1)C(N)=O. The number of piperidine rings is 1. The number of ether oxygens (including phenoxy) is 1. The molecule has 0 bridgehead atoms. The molecule has 1 heterocycles. The van der Waals surface area contributed by atoms with E-state index in [-0.39, 0.29) is 5.91 Å². The predicted octanol–water partition coefficient (Wildman–Crippen LogP) is 1.12. The summed E-state index contributed by atoms with van der Waals surface area (Å²) in [6, 6.07) is 0. The van der Waals surface area contributed by atoms with E-state index in [4.69, 9.17) is 10.5 Å². The Labute approximate surface area is 123 Å². The van der Waals surface area contributed by atoms with E-state index < -0.39 is 5.54 Å². The van der Waals surface area contributed by atoms with E-state index in [9.17, 15) is 4.79 Å². The van der Waals surface area contributed by atoms with E-state index in [1.54, 1.807) is 0 Å². The van der Waals surface area contributed by atoms with Crippen LogP contribution in [0.4, 0.5) is 0 Å². The molecule has 1 saturated heterocycles. The van der Waals surface area contributed by atoms with Crippen molar-refractivity contribution < 1.29 is 9.53 Å². The lowest BCUT2D eigenvalue weighted by molar-refractivity contribution is -0.125. The largest absolute Gasteiger partial charge is 0.377 e. The highest BCUT2D eigenvalue weighted by molar-refractivity contribution is 5.84. The van der Waals surface area contributed by atoms with Gasteiger partial charge in [-0.25, -0.2) is 0 Å². The van der Waals surface area contributed by atoms with Gasteiger partial charge in [0.25, 0.3) is 0 Å². The number of amides is 1. The van der Waals surface area contributed by atoms with Crippen LogP contribution in [0.15, 0.2) is 0 Å². The Morgan fingerprint density at radius 1 is 1.45 bits per heavy atom. The Bertz CT molecular complexity index is 299. The molecule has 0 saturated carbocycles. The lowest BCUT2D eigenvalue weighted by Gasteiger charge is -2.38. The van der Waals surface area contributed by atoms with Gasteiger partial charge < -0.3 is 15.8 Å². The summed E-state index contributed by atoms with van der Waals surface area (Å²) in [6.45, 7) is 10.3. The first-order valence-electron chi connectivity index (χ1n) is 7.90. The van der Waals surface area contributed by atoms with Crippen LogP contribution in [0.5, 0.6) is 0 Å². The van der Waals surface area contributed by atoms with Gasteiger partial charge in [-0.3, -0.25) is 9.69 Å². The van der Waals surface area contributed by atoms with E-state index in [2.05, 4.69) is 24.1 Å². The summed E-state index contributed by atoms with van der Waals surface area (Å²) in [4.78, 5) is 14.1. The second-order valence-corrected chi connectivity index (χ2v) is 5.99. The summed E-state index contributed by atoms with van der Waals surface area (Å²) in [5.74, 6) is -0.275. The average Bonchev–Trinajstić information content (AvgIpc) is 2.43. The van der Waals surface area contributed by atoms with Crippen molar-refractivity contribution in [1.82, 2.24) is 10.2 Å². The van der Waals surface area contributed by atoms with Crippen molar-refractivity contribution in [1.29, 1.82) is 0 Å². The van der Waals surface area contributed by atoms with Gasteiger partial charge >= 0.3 is 0 Å². The van der Waals surface area contributed by atoms with Gasteiger partial charge in [0.05, 0.1) is 6.10 Å². The average molecular weight is 285 g/mol. The van der Waals surface area contributed by atoms with Crippen LogP contribution >= 0.6 is 0 Å². The van der Waals surface area contributed by atoms with Crippen LogP contribution in [0.1, 0.15) is 46.5 Å². The molecule has 1 rings (SSSR count). The van der Waals surface area contributed by atoms with E-state index in [1.165, 1.54) is 0 Å². The number of likely N-dealkylation sites (tertiary alicyclic amines) is 1. The number of primary amides is 1. The maximum atomic E-state index is 11.8. The zero-order chi connectivity index (χ0) is 15.0. The molecule has 20 heavy (non-hydrogen) atoms. The molecule has 0 spiro atoms. The third kappa shape index (κ3) is 5.38. The van der Waals surface area contributed by atoms with E-state index >= 15 is 0 Å². The quantitative estimate of drug-likeness (QED) is 0.666. The van der Waals surface area contributed by atoms with E-state index in [0.29, 0.717) is 12.6 Å². The van der Waals surface area contributed by atoms with Gasteiger partial charge in [0, 0.05) is 19.7 Å². The molecule has 0 aromatic rings. The van der Waals surface area contributed by atoms with Crippen molar-refractivity contribution >= 4 is 5.91 Å². The van der Waals surface area contributed by atoms with Crippen LogP contribution in [0, 0.1) is 0 Å². The highest BCUT2D eigenvalue weighted by atomic mass is 16.5. The van der Waals surface area contributed by atoms with Crippen LogP contribution in [0.3, 0.4) is 0 Å². The minimum Gasteiger partial charge on any atom is -0.377 e. The number of hydrogen-bond donors (Lipinski definition) is 2. The Morgan fingerprint density at radius 3 is 2.80 bits per heavy atom. The molecular formula is C15H31N3O2. The molecule has 118 valence electrons. The fourth-order valence-corrected chi connectivity index (χ4v) is 2.65. The van der Waals surface area contributed by atoms with Gasteiger partial charge in [-0.15, -0.1) is 0 Å². The van der Waals surface area contributed by atoms with Crippen LogP contribution in [-0.4, -0.2) is 55.2 Å². The van der Waals surface area contributed by atoms with Crippen molar-refractivity contribution in [3.63, 3.8) is 0 Å². The van der Waals surface area contributed by atoms with Crippen molar-refractivity contribution in [3.8, 4) is 0 Å². The number of carbonyl (C=O) groups is 1. The van der Waals surface area contributed by atoms with E-state index in [0.717, 1.165) is 51.9 Å². The molecule has 0 aliphatic carbocycles. The zero-order valence-electron chi connectivity index (χ0n) is 13.3. The summed E-state index contributed by atoms with van der Waals surface area (Å²) in [5, 5.41) is 3.29. The van der Waals surface area contributed by atoms with Gasteiger partial charge in [0.15, 0.2) is 0 Å². The predicted molar refractivity (Wildman–Crippen MR) is 81.6 cm³/mol. The molecule has 1 aliphatic heterocycles. The molecule has 5 heteroatoms. The van der Waals surface area contributed by atoms with Gasteiger partial charge in [0.1, 0.15) is 5.54 Å². The first-order valence-corrected chi connectivity index (χ1v) is 7.90. The maximum Gasteiger partial charge on any atom is 0.238 e. The number of nitrogens with zero attached hydrogens (tertiary/aromatic N) is 1. The number of rotatable bonds is 9. The van der Waals surface area contributed by atoms with Crippen molar-refractivity contribution in [2.45, 2.75) is 58.1 Å². The Morgan fingerprint density at radius 2 is 2.20 bits per heavy atom. The van der Waals surface area contributed by atoms with Gasteiger partial charge in [-0.1, -0.05) is 13.8 Å². The highest BCUT2D eigenvalue weighted by Crippen LogP contribution is 2.16. The second kappa shape index (κ2) is 8.60. The normalized spacial score (nSPS) is 23.4. The molecule has 1 amide bonds. The molecular weight excluding hydrogens is 254 g/mol. The molecule has 5 nitrogen and oxygen atoms in total. The highest BCUT2D eigenvalue weighted by Gasteiger charge is 2.34. The minimum atomic E-state index is -0.650. The first-order chi connectivity index (χ1) is 9.51. The molecule has 0 radical (unpaired) electrons. The fourth-order valence-electron chi connectivity index (χ4n) is 2.65. The molecule has 0 aromatic heterocycles. The van der Waals surface area contributed by atoms with Gasteiger partial charge in [0.2, 0.25) is 5.91 Å². The Hall–Kier alpha value is -0.650. The standard InChI is InChI=1S/C15H31N3O2/c1-4-8-17-15(3,14(16)19)12-18-9-6-7-13(11-18)20-10-5-2/h13,17H,4-12H2,1-3H3,(H2,16,19). The second-order valence-electron chi connectivity index (χ2n) is 5.99. The monoisotopic (exact) mass is 285 g/mol. The number of hydrogen-bond acceptors (Lipinski definition) is 4. The fraction of sp³-hybridized carbons (Fsp3) is 0.933. The molecule has 1 fully saturated rings. The topological polar surface area (TPSA) is 67.6 Å². The smallest absolute Gasteiger partial charge is 0.238 e. The Kier molecular flexibility index (Phi) is 7.48. The number of nitrogens with two attached hydrogens (primary N) is 1. The molecule has 2 unspecified atom stereocenters. The first kappa shape index (κ1) is 17.4. The van der Waals surface area contributed by atoms with Crippen LogP contribution < -0.4 is 11.1 Å². The molecule has 1 aliphatic rings. The lowest BCUT2D eigenvalue weighted by atomic mass is 9.98. The third-order valence-electron chi connectivity index (χ3n) is 3.87. The third-order valence-corrected chi connectivity index (χ3v) is 3.87. The van der Waals surface area contributed by atoms with Gasteiger partial charge in [-0.05, 0) is 45.7 Å². The van der Waals surface area contributed by atoms with Crippen LogP contribution in [-0.2, 0) is 9.53 Å². The van der Waals surface area contributed by atoms with Crippen molar-refractivity contribution in [3.05, 3.63) is 0 Å². The van der Waals surface area contributed by atoms with Gasteiger partial charge in [-0.2, -0.15) is 0 Å². The summed E-state index contributed by atoms with van der Waals surface area (Å²) in [5.41, 5.74) is 4.93. The molecule has 3 N–H and O–H groups in total. The summed E-state index contributed by atoms with van der Waals surface area (Å²) in [7, 11) is 0. The maximum absolute atomic E-state index is 11.8. The summed E-state index contributed by atoms with van der Waals surface area (Å²) >= 11 is 0. The van der Waals surface area contributed by atoms with Crippen LogP contribution in [0.2, 0.25) is 0 Å². The minimum absolute atomic E-state index is 0.275. The molecule has 2 atom stereocenters. The van der Waals surface area contributed by atoms with Crippen molar-refractivity contribution in [2.75, 3.05) is 32.8 Å². The molecule has 0 aromatic carbocycles. The van der Waals surface area contributed by atoms with E-state index in [1.807, 2.05) is 6.92 Å². The Balaban J connectivity index is 2.52. The van der Waals surface area contributed by atoms with Crippen LogP contribution in [0.25, 0.3) is 0 Å². The number of carbonyl (C=O) groups excluding carboxylic acids is 1.